The van der Waals surface area contributed by atoms with Gasteiger partial charge in [-0.1, -0.05) is 44.1 Å². The highest BCUT2D eigenvalue weighted by molar-refractivity contribution is 5.92. The zero-order valence-electron chi connectivity index (χ0n) is 16.3. The van der Waals surface area contributed by atoms with Crippen LogP contribution in [0.5, 0.6) is 5.75 Å². The lowest BCUT2D eigenvalue weighted by atomic mass is 10.2. The minimum Gasteiger partial charge on any atom is -0.490 e. The summed E-state index contributed by atoms with van der Waals surface area (Å²) in [6.07, 6.45) is 8.36. The number of benzene rings is 1. The summed E-state index contributed by atoms with van der Waals surface area (Å²) < 4.78 is 21.6. The average Bonchev–Trinajstić information content (AvgIpc) is 2.99. The van der Waals surface area contributed by atoms with Gasteiger partial charge in [-0.3, -0.25) is 9.48 Å². The molecule has 1 amide bonds. The standard InChI is InChI=1S/C21H28FN3O2/c1-4-5-6-7-8-9-13-27-19-12-10-11-17(20(19)22)15-23-21(26)18-14-16(2)24-25(18)3/h7-8,10-12,14H,4-6,9,13,15H2,1-3H3,(H,23,26). The molecule has 0 radical (unpaired) electrons. The number of carbonyl (C=O) groups is 1. The molecule has 0 bridgehead atoms. The number of rotatable bonds is 10. The summed E-state index contributed by atoms with van der Waals surface area (Å²) in [7, 11) is 1.70. The van der Waals surface area contributed by atoms with E-state index in [9.17, 15) is 9.18 Å². The van der Waals surface area contributed by atoms with E-state index in [0.29, 0.717) is 17.9 Å². The molecule has 2 rings (SSSR count). The van der Waals surface area contributed by atoms with Crippen molar-refractivity contribution in [3.8, 4) is 5.75 Å². The zero-order chi connectivity index (χ0) is 19.6. The largest absolute Gasteiger partial charge is 0.490 e. The van der Waals surface area contributed by atoms with E-state index in [1.54, 1.807) is 31.3 Å². The Morgan fingerprint density at radius 3 is 2.81 bits per heavy atom. The van der Waals surface area contributed by atoms with Gasteiger partial charge in [0.1, 0.15) is 5.69 Å². The Labute approximate surface area is 160 Å². The van der Waals surface area contributed by atoms with Crippen molar-refractivity contribution in [2.45, 2.75) is 46.1 Å². The Morgan fingerprint density at radius 2 is 2.11 bits per heavy atom. The van der Waals surface area contributed by atoms with Gasteiger partial charge in [-0.2, -0.15) is 5.10 Å². The van der Waals surface area contributed by atoms with Crippen LogP contribution in [-0.2, 0) is 13.6 Å². The van der Waals surface area contributed by atoms with Gasteiger partial charge >= 0.3 is 0 Å². The molecule has 2 aromatic rings. The predicted molar refractivity (Wildman–Crippen MR) is 104 cm³/mol. The second-order valence-corrected chi connectivity index (χ2v) is 6.46. The maximum absolute atomic E-state index is 14.6. The minimum absolute atomic E-state index is 0.0863. The molecule has 0 aliphatic heterocycles. The van der Waals surface area contributed by atoms with Crippen LogP contribution in [0.2, 0.25) is 0 Å². The Bertz CT molecular complexity index is 784. The topological polar surface area (TPSA) is 56.1 Å². The number of halogens is 1. The molecule has 27 heavy (non-hydrogen) atoms. The van der Waals surface area contributed by atoms with Crippen molar-refractivity contribution < 1.29 is 13.9 Å². The number of carbonyl (C=O) groups excluding carboxylic acids is 1. The highest BCUT2D eigenvalue weighted by atomic mass is 19.1. The summed E-state index contributed by atoms with van der Waals surface area (Å²) in [5.41, 5.74) is 1.58. The number of hydrogen-bond donors (Lipinski definition) is 1. The Balaban J connectivity index is 1.87. The van der Waals surface area contributed by atoms with Crippen LogP contribution in [0.15, 0.2) is 36.4 Å². The summed E-state index contributed by atoms with van der Waals surface area (Å²) in [4.78, 5) is 12.2. The first-order valence-electron chi connectivity index (χ1n) is 9.37. The fourth-order valence-electron chi connectivity index (χ4n) is 2.69. The third-order valence-corrected chi connectivity index (χ3v) is 4.15. The normalized spacial score (nSPS) is 11.1. The molecule has 0 spiro atoms. The maximum atomic E-state index is 14.6. The molecule has 0 saturated heterocycles. The fraction of sp³-hybridized carbons (Fsp3) is 0.429. The molecule has 1 aromatic heterocycles. The smallest absolute Gasteiger partial charge is 0.269 e. The monoisotopic (exact) mass is 373 g/mol. The van der Waals surface area contributed by atoms with E-state index in [2.05, 4.69) is 29.5 Å². The molecule has 146 valence electrons. The molecule has 1 N–H and O–H groups in total. The lowest BCUT2D eigenvalue weighted by molar-refractivity contribution is 0.0941. The summed E-state index contributed by atoms with van der Waals surface area (Å²) in [5, 5.41) is 6.87. The van der Waals surface area contributed by atoms with Crippen LogP contribution in [0.1, 0.15) is 54.4 Å². The van der Waals surface area contributed by atoms with E-state index in [-0.39, 0.29) is 18.2 Å². The minimum atomic E-state index is -0.436. The molecule has 0 aliphatic carbocycles. The highest BCUT2D eigenvalue weighted by Gasteiger charge is 2.14. The summed E-state index contributed by atoms with van der Waals surface area (Å²) in [6.45, 7) is 4.48. The maximum Gasteiger partial charge on any atom is 0.269 e. The van der Waals surface area contributed by atoms with Crippen molar-refractivity contribution in [1.29, 1.82) is 0 Å². The lowest BCUT2D eigenvalue weighted by Gasteiger charge is -2.10. The summed E-state index contributed by atoms with van der Waals surface area (Å²) in [5.74, 6) is -0.518. The van der Waals surface area contributed by atoms with Crippen molar-refractivity contribution in [3.05, 3.63) is 59.2 Å². The number of nitrogens with zero attached hydrogens (tertiary/aromatic N) is 2. The van der Waals surface area contributed by atoms with Crippen LogP contribution in [0.25, 0.3) is 0 Å². The molecule has 0 unspecified atom stereocenters. The quantitative estimate of drug-likeness (QED) is 0.499. The van der Waals surface area contributed by atoms with Crippen LogP contribution >= 0.6 is 0 Å². The molecular formula is C21H28FN3O2. The van der Waals surface area contributed by atoms with Crippen LogP contribution in [0.3, 0.4) is 0 Å². The molecule has 0 fully saturated rings. The van der Waals surface area contributed by atoms with Crippen LogP contribution < -0.4 is 10.1 Å². The highest BCUT2D eigenvalue weighted by Crippen LogP contribution is 2.20. The van der Waals surface area contributed by atoms with Gasteiger partial charge in [0.05, 0.1) is 12.3 Å². The van der Waals surface area contributed by atoms with Gasteiger partial charge < -0.3 is 10.1 Å². The van der Waals surface area contributed by atoms with Gasteiger partial charge in [0.15, 0.2) is 11.6 Å². The van der Waals surface area contributed by atoms with Crippen molar-refractivity contribution in [2.75, 3.05) is 6.61 Å². The van der Waals surface area contributed by atoms with Crippen molar-refractivity contribution in [1.82, 2.24) is 15.1 Å². The third kappa shape index (κ3) is 6.24. The van der Waals surface area contributed by atoms with Gasteiger partial charge in [0.2, 0.25) is 0 Å². The number of amides is 1. The first-order chi connectivity index (χ1) is 13.0. The van der Waals surface area contributed by atoms with E-state index >= 15 is 0 Å². The Kier molecular flexibility index (Phi) is 8.04. The molecule has 1 heterocycles. The number of hydrogen-bond acceptors (Lipinski definition) is 3. The van der Waals surface area contributed by atoms with Crippen molar-refractivity contribution >= 4 is 5.91 Å². The summed E-state index contributed by atoms with van der Waals surface area (Å²) in [6, 6.07) is 6.66. The van der Waals surface area contributed by atoms with E-state index in [0.717, 1.165) is 18.5 Å². The number of unbranched alkanes of at least 4 members (excludes halogenated alkanes) is 2. The van der Waals surface area contributed by atoms with Crippen molar-refractivity contribution in [2.24, 2.45) is 7.05 Å². The van der Waals surface area contributed by atoms with Crippen LogP contribution in [0, 0.1) is 12.7 Å². The first-order valence-corrected chi connectivity index (χ1v) is 9.37. The Hall–Kier alpha value is -2.63. The molecular weight excluding hydrogens is 345 g/mol. The van der Waals surface area contributed by atoms with Gasteiger partial charge in [-0.05, 0) is 31.9 Å². The van der Waals surface area contributed by atoms with E-state index < -0.39 is 5.82 Å². The fourth-order valence-corrected chi connectivity index (χ4v) is 2.69. The molecule has 0 aliphatic rings. The van der Waals surface area contributed by atoms with Gasteiger partial charge in [-0.15, -0.1) is 0 Å². The SMILES string of the molecule is CCCCC=CCCOc1cccc(CNC(=O)c2cc(C)nn2C)c1F. The van der Waals surface area contributed by atoms with Crippen LogP contribution in [-0.4, -0.2) is 22.3 Å². The number of nitrogens with one attached hydrogen (secondary N) is 1. The van der Waals surface area contributed by atoms with E-state index in [1.165, 1.54) is 17.5 Å². The first kappa shape index (κ1) is 20.7. The average molecular weight is 373 g/mol. The van der Waals surface area contributed by atoms with Crippen molar-refractivity contribution in [3.63, 3.8) is 0 Å². The lowest BCUT2D eigenvalue weighted by Crippen LogP contribution is -2.25. The van der Waals surface area contributed by atoms with Gasteiger partial charge in [-0.25, -0.2) is 4.39 Å². The predicted octanol–water partition coefficient (Wildman–Crippen LogP) is 4.31. The Morgan fingerprint density at radius 1 is 1.33 bits per heavy atom. The second-order valence-electron chi connectivity index (χ2n) is 6.46. The number of aryl methyl sites for hydroxylation is 2. The van der Waals surface area contributed by atoms with Gasteiger partial charge in [0.25, 0.3) is 5.91 Å². The molecule has 6 heteroatoms. The molecule has 1 aromatic carbocycles. The molecule has 0 saturated carbocycles. The number of allylic oxidation sites excluding steroid dienone is 1. The number of ether oxygens (including phenoxy) is 1. The number of aromatic nitrogens is 2. The van der Waals surface area contributed by atoms with E-state index in [1.807, 2.05) is 6.92 Å². The zero-order valence-corrected chi connectivity index (χ0v) is 16.3. The van der Waals surface area contributed by atoms with E-state index in [4.69, 9.17) is 4.74 Å². The molecule has 5 nitrogen and oxygen atoms in total. The molecule has 0 atom stereocenters. The second kappa shape index (κ2) is 10.5. The third-order valence-electron chi connectivity index (χ3n) is 4.15. The van der Waals surface area contributed by atoms with Crippen LogP contribution in [0.4, 0.5) is 4.39 Å². The van der Waals surface area contributed by atoms with Gasteiger partial charge in [0, 0.05) is 19.2 Å². The summed E-state index contributed by atoms with van der Waals surface area (Å²) >= 11 is 0.